The van der Waals surface area contributed by atoms with E-state index in [0.29, 0.717) is 23.2 Å². The molecule has 1 aliphatic heterocycles. The minimum atomic E-state index is -0.535. The molecule has 4 rings (SSSR count). The lowest BCUT2D eigenvalue weighted by molar-refractivity contribution is 0.0982. The second-order valence-electron chi connectivity index (χ2n) is 6.76. The number of hydrogen-bond donors (Lipinski definition) is 0. The number of amides is 1. The Hall–Kier alpha value is -2.42. The topological polar surface area (TPSA) is 54.9 Å². The molecule has 9 heteroatoms. The van der Waals surface area contributed by atoms with E-state index in [0.717, 1.165) is 23.2 Å². The molecule has 0 bridgehead atoms. The van der Waals surface area contributed by atoms with E-state index in [9.17, 15) is 9.18 Å². The zero-order chi connectivity index (χ0) is 19.7. The average Bonchev–Trinajstić information content (AvgIpc) is 3.28. The Balaban J connectivity index is 0.00000240. The van der Waals surface area contributed by atoms with E-state index in [2.05, 4.69) is 4.98 Å². The highest BCUT2D eigenvalue weighted by molar-refractivity contribution is 7.22. The number of carbonyl (C=O) groups is 1. The van der Waals surface area contributed by atoms with Crippen molar-refractivity contribution in [1.82, 2.24) is 9.88 Å². The highest BCUT2D eigenvalue weighted by Crippen LogP contribution is 2.40. The summed E-state index contributed by atoms with van der Waals surface area (Å²) >= 11 is 1.38. The van der Waals surface area contributed by atoms with E-state index in [-0.39, 0.29) is 24.8 Å². The van der Waals surface area contributed by atoms with Crippen LogP contribution in [0.5, 0.6) is 11.5 Å². The minimum Gasteiger partial charge on any atom is -0.454 e. The van der Waals surface area contributed by atoms with Gasteiger partial charge in [-0.25, -0.2) is 9.37 Å². The first-order valence-electron chi connectivity index (χ1n) is 8.94. The molecule has 2 aromatic carbocycles. The Kier molecular flexibility index (Phi) is 6.56. The normalized spacial score (nSPS) is 12.3. The van der Waals surface area contributed by atoms with Crippen molar-refractivity contribution in [3.8, 4) is 11.5 Å². The fraction of sp³-hybridized carbons (Fsp3) is 0.300. The number of carbonyl (C=O) groups excluding carboxylic acids is 1. The van der Waals surface area contributed by atoms with Crippen molar-refractivity contribution in [1.29, 1.82) is 0 Å². The zero-order valence-electron chi connectivity index (χ0n) is 16.1. The third kappa shape index (κ3) is 4.44. The van der Waals surface area contributed by atoms with E-state index < -0.39 is 11.7 Å². The van der Waals surface area contributed by atoms with Crippen molar-refractivity contribution in [3.05, 3.63) is 47.8 Å². The van der Waals surface area contributed by atoms with Gasteiger partial charge in [-0.3, -0.25) is 9.69 Å². The second kappa shape index (κ2) is 8.94. The predicted octanol–water partition coefficient (Wildman–Crippen LogP) is 4.18. The van der Waals surface area contributed by atoms with Crippen LogP contribution in [0, 0.1) is 5.82 Å². The van der Waals surface area contributed by atoms with Gasteiger partial charge in [0.05, 0.1) is 15.8 Å². The van der Waals surface area contributed by atoms with Crippen LogP contribution >= 0.6 is 23.7 Å². The van der Waals surface area contributed by atoms with Crippen LogP contribution in [0.25, 0.3) is 10.2 Å². The van der Waals surface area contributed by atoms with Gasteiger partial charge in [0, 0.05) is 18.7 Å². The largest absolute Gasteiger partial charge is 0.454 e. The maximum Gasteiger partial charge on any atom is 0.263 e. The molecule has 29 heavy (non-hydrogen) atoms. The third-order valence-electron chi connectivity index (χ3n) is 4.44. The first-order chi connectivity index (χ1) is 13.5. The highest BCUT2D eigenvalue weighted by Gasteiger charge is 2.24. The van der Waals surface area contributed by atoms with Gasteiger partial charge in [-0.15, -0.1) is 12.4 Å². The summed E-state index contributed by atoms with van der Waals surface area (Å²) in [7, 11) is 3.95. The maximum absolute atomic E-state index is 14.2. The van der Waals surface area contributed by atoms with Crippen molar-refractivity contribution >= 4 is 45.0 Å². The van der Waals surface area contributed by atoms with Gasteiger partial charge in [0.15, 0.2) is 16.6 Å². The van der Waals surface area contributed by atoms with Crippen molar-refractivity contribution in [2.24, 2.45) is 0 Å². The van der Waals surface area contributed by atoms with Gasteiger partial charge in [-0.1, -0.05) is 23.5 Å². The summed E-state index contributed by atoms with van der Waals surface area (Å²) < 4.78 is 25.9. The smallest absolute Gasteiger partial charge is 0.263 e. The van der Waals surface area contributed by atoms with Gasteiger partial charge >= 0.3 is 0 Å². The molecule has 1 amide bonds. The summed E-state index contributed by atoms with van der Waals surface area (Å²) in [6, 6.07) is 9.70. The third-order valence-corrected chi connectivity index (χ3v) is 5.48. The second-order valence-corrected chi connectivity index (χ2v) is 7.77. The number of halogens is 2. The van der Waals surface area contributed by atoms with E-state index in [4.69, 9.17) is 9.47 Å². The summed E-state index contributed by atoms with van der Waals surface area (Å²) in [5.74, 6) is 0.383. The maximum atomic E-state index is 14.2. The lowest BCUT2D eigenvalue weighted by Gasteiger charge is -2.21. The van der Waals surface area contributed by atoms with Gasteiger partial charge in [-0.2, -0.15) is 0 Å². The minimum absolute atomic E-state index is 0. The van der Waals surface area contributed by atoms with Crippen LogP contribution in [0.15, 0.2) is 36.4 Å². The Bertz CT molecular complexity index is 986. The SMILES string of the molecule is CN(C)CCCN(C(=O)c1ccccc1F)c1nc2cc3c(cc2s1)OCO3.Cl. The summed E-state index contributed by atoms with van der Waals surface area (Å²) in [5, 5.41) is 0.533. The van der Waals surface area contributed by atoms with Gasteiger partial charge < -0.3 is 14.4 Å². The van der Waals surface area contributed by atoms with Crippen LogP contribution in [0.2, 0.25) is 0 Å². The lowest BCUT2D eigenvalue weighted by Crippen LogP contribution is -2.34. The number of thiazole rings is 1. The van der Waals surface area contributed by atoms with Crippen LogP contribution in [0.1, 0.15) is 16.8 Å². The molecule has 0 atom stereocenters. The van der Waals surface area contributed by atoms with Crippen LogP contribution in [-0.2, 0) is 0 Å². The van der Waals surface area contributed by atoms with Crippen LogP contribution in [0.3, 0.4) is 0 Å². The molecule has 154 valence electrons. The molecule has 1 aromatic heterocycles. The number of rotatable bonds is 6. The summed E-state index contributed by atoms with van der Waals surface area (Å²) in [6.45, 7) is 1.45. The van der Waals surface area contributed by atoms with Crippen LogP contribution in [-0.4, -0.2) is 49.8 Å². The number of fused-ring (bicyclic) bond motifs is 2. The van der Waals surface area contributed by atoms with Crippen molar-refractivity contribution in [3.63, 3.8) is 0 Å². The summed E-state index contributed by atoms with van der Waals surface area (Å²) in [5.41, 5.74) is 0.768. The van der Waals surface area contributed by atoms with E-state index in [1.54, 1.807) is 17.0 Å². The number of benzene rings is 2. The number of anilines is 1. The monoisotopic (exact) mass is 437 g/mol. The Labute approximate surface area is 178 Å². The fourth-order valence-corrected chi connectivity index (χ4v) is 4.03. The molecule has 0 fully saturated rings. The molecule has 0 aliphatic carbocycles. The number of aromatic nitrogens is 1. The lowest BCUT2D eigenvalue weighted by atomic mass is 10.2. The Morgan fingerprint density at radius 2 is 1.90 bits per heavy atom. The standard InChI is InChI=1S/C20H20FN3O3S.ClH/c1-23(2)8-5-9-24(19(25)13-6-3-4-7-14(13)21)20-22-15-10-16-17(27-12-26-16)11-18(15)28-20;/h3-4,6-7,10-11H,5,8-9,12H2,1-2H3;1H. The molecular weight excluding hydrogens is 417 g/mol. The summed E-state index contributed by atoms with van der Waals surface area (Å²) in [4.78, 5) is 21.3. The van der Waals surface area contributed by atoms with Crippen LogP contribution < -0.4 is 14.4 Å². The van der Waals surface area contributed by atoms with E-state index in [1.165, 1.54) is 23.5 Å². The molecule has 0 unspecified atom stereocenters. The van der Waals surface area contributed by atoms with E-state index >= 15 is 0 Å². The molecular formula is C20H21ClFN3O3S. The molecule has 1 aliphatic rings. The number of ether oxygens (including phenoxy) is 2. The highest BCUT2D eigenvalue weighted by atomic mass is 35.5. The quantitative estimate of drug-likeness (QED) is 0.579. The molecule has 0 saturated heterocycles. The average molecular weight is 438 g/mol. The zero-order valence-corrected chi connectivity index (χ0v) is 17.7. The van der Waals surface area contributed by atoms with Gasteiger partial charge in [0.2, 0.25) is 6.79 Å². The Morgan fingerprint density at radius 3 is 2.62 bits per heavy atom. The van der Waals surface area contributed by atoms with Gasteiger partial charge in [-0.05, 0) is 39.2 Å². The molecule has 2 heterocycles. The van der Waals surface area contributed by atoms with Gasteiger partial charge in [0.1, 0.15) is 5.82 Å². The molecule has 0 radical (unpaired) electrons. The number of hydrogen-bond acceptors (Lipinski definition) is 6. The summed E-state index contributed by atoms with van der Waals surface area (Å²) in [6.07, 6.45) is 0.742. The van der Waals surface area contributed by atoms with Gasteiger partial charge in [0.25, 0.3) is 5.91 Å². The molecule has 0 saturated carbocycles. The predicted molar refractivity (Wildman–Crippen MR) is 114 cm³/mol. The molecule has 6 nitrogen and oxygen atoms in total. The van der Waals surface area contributed by atoms with E-state index in [1.807, 2.05) is 31.1 Å². The van der Waals surface area contributed by atoms with Crippen LogP contribution in [0.4, 0.5) is 9.52 Å². The first-order valence-corrected chi connectivity index (χ1v) is 9.76. The Morgan fingerprint density at radius 1 is 1.17 bits per heavy atom. The molecule has 0 N–H and O–H groups in total. The number of nitrogens with zero attached hydrogens (tertiary/aromatic N) is 3. The fourth-order valence-electron chi connectivity index (χ4n) is 3.03. The first kappa shape index (κ1) is 21.3. The molecule has 0 spiro atoms. The van der Waals surface area contributed by atoms with Crippen molar-refractivity contribution in [2.75, 3.05) is 38.9 Å². The van der Waals surface area contributed by atoms with Crippen molar-refractivity contribution < 1.29 is 18.7 Å². The molecule has 3 aromatic rings. The van der Waals surface area contributed by atoms with Crippen molar-refractivity contribution in [2.45, 2.75) is 6.42 Å².